The average Bonchev–Trinajstić information content (AvgIpc) is 2.92. The molecule has 0 spiro atoms. The highest BCUT2D eigenvalue weighted by Crippen LogP contribution is 2.15. The van der Waals surface area contributed by atoms with E-state index >= 15 is 0 Å². The van der Waals surface area contributed by atoms with Crippen molar-refractivity contribution in [2.75, 3.05) is 47.5 Å². The van der Waals surface area contributed by atoms with E-state index < -0.39 is 24.3 Å². The molecule has 95 heavy (non-hydrogen) atoms. The summed E-state index contributed by atoms with van der Waals surface area (Å²) >= 11 is 0. The van der Waals surface area contributed by atoms with Gasteiger partial charge in [0.2, 0.25) is 0 Å². The first kappa shape index (κ1) is 88.9. The summed E-state index contributed by atoms with van der Waals surface area (Å²) in [5.41, 5.74) is 0. The Balaban J connectivity index is 4.21. The van der Waals surface area contributed by atoms with Gasteiger partial charge in [-0.1, -0.05) is 304 Å². The number of carbonyl (C=O) groups is 3. The molecular weight excluding hydrogens is 1170 g/mol. The summed E-state index contributed by atoms with van der Waals surface area (Å²) in [5.74, 6) is -2.32. The van der Waals surface area contributed by atoms with Gasteiger partial charge in [0.1, 0.15) is 13.2 Å². The summed E-state index contributed by atoms with van der Waals surface area (Å²) in [4.78, 5) is 37.6. The van der Waals surface area contributed by atoms with Crippen LogP contribution in [0.15, 0.2) is 207 Å². The topological polar surface area (TPSA) is 111 Å². The SMILES string of the molecule is CC/C=C\C/C=C\C/C=C\C/C=C\C/C=C\C/C=C\C/C=C\C/C=C\C/C=C\C/C=C\CCCCCCCCCCC(=O)OC(COC(=O)CCCCCCCCCCC/C=C\C/C=C\C/C=C\C/C=C\C/C=C\C/C=C\C/C=C\CC)COC(OCC[N+](C)(C)C)C(=O)[O-]. The molecule has 0 aromatic rings. The first-order chi connectivity index (χ1) is 46.6. The van der Waals surface area contributed by atoms with Gasteiger partial charge in [-0.2, -0.15) is 0 Å². The third kappa shape index (κ3) is 75.1. The highest BCUT2D eigenvalue weighted by Gasteiger charge is 2.22. The largest absolute Gasteiger partial charge is 0.545 e. The Hall–Kier alpha value is -6.13. The third-order valence-corrected chi connectivity index (χ3v) is 15.0. The molecule has 0 bridgehead atoms. The van der Waals surface area contributed by atoms with Crippen molar-refractivity contribution >= 4 is 17.9 Å². The van der Waals surface area contributed by atoms with Gasteiger partial charge in [0.05, 0.1) is 40.3 Å². The molecule has 9 heteroatoms. The number of carboxylic acid groups (broad SMARTS) is 1. The van der Waals surface area contributed by atoms with Gasteiger partial charge in [-0.15, -0.1) is 0 Å². The van der Waals surface area contributed by atoms with Gasteiger partial charge in [-0.25, -0.2) is 0 Å². The Kier molecular flexibility index (Phi) is 68.9. The van der Waals surface area contributed by atoms with E-state index in [1.165, 1.54) is 57.8 Å². The monoisotopic (exact) mass is 1310 g/mol. The Bertz CT molecular complexity index is 2320. The standard InChI is InChI=1S/C86H135NO8/c1-6-8-10-12-14-16-18-20-22-24-26-28-30-32-34-36-38-39-40-41-42-43-44-45-47-49-51-53-55-57-59-61-63-65-67-69-71-73-75-77-84(89)95-82(81-94-86(85(90)91)92-79-78-87(3,4)5)80-93-83(88)76-74-72-70-68-66-64-62-60-58-56-54-52-50-48-46-37-35-33-31-29-27-25-23-21-19-17-15-13-11-9-7-2/h8-11,14-17,20-23,26-29,32-35,38-39,41-42,44-46,48-49,51-52,54-55,57,82,86H,6-7,12-13,18-19,24-25,30-31,36-37,40,43,47,50,53,56,58-81H2,1-5H3/b10-8-,11-9-,16-14-,17-15-,22-20-,23-21-,28-26-,29-27-,34-32-,35-33-,39-38-,42-41-,45-44-,48-46-,51-49-,54-52-,57-55-. The number of likely N-dealkylation sites (N-methyl/N-ethyl adjacent to an activating group) is 1. The molecule has 2 unspecified atom stereocenters. The minimum absolute atomic E-state index is 0.134. The molecule has 0 aromatic heterocycles. The minimum Gasteiger partial charge on any atom is -0.545 e. The Labute approximate surface area is 582 Å². The van der Waals surface area contributed by atoms with Gasteiger partial charge in [-0.05, 0) is 148 Å². The van der Waals surface area contributed by atoms with Crippen LogP contribution in [0.5, 0.6) is 0 Å². The van der Waals surface area contributed by atoms with Crippen molar-refractivity contribution in [2.45, 2.75) is 270 Å². The Morgan fingerprint density at radius 1 is 0.316 bits per heavy atom. The van der Waals surface area contributed by atoms with Crippen LogP contribution in [-0.2, 0) is 33.3 Å². The number of allylic oxidation sites excluding steroid dienone is 34. The van der Waals surface area contributed by atoms with Gasteiger partial charge in [0.25, 0.3) is 0 Å². The number of carboxylic acids is 1. The second kappa shape index (κ2) is 73.7. The van der Waals surface area contributed by atoms with Crippen LogP contribution in [0.1, 0.15) is 258 Å². The van der Waals surface area contributed by atoms with E-state index in [0.717, 1.165) is 167 Å². The number of ether oxygens (including phenoxy) is 4. The number of rotatable bonds is 66. The maximum Gasteiger partial charge on any atom is 0.306 e. The molecule has 0 saturated carbocycles. The summed E-state index contributed by atoms with van der Waals surface area (Å²) in [6, 6.07) is 0. The summed E-state index contributed by atoms with van der Waals surface area (Å²) in [7, 11) is 5.91. The first-order valence-corrected chi connectivity index (χ1v) is 37.2. The zero-order valence-corrected chi connectivity index (χ0v) is 60.7. The first-order valence-electron chi connectivity index (χ1n) is 37.2. The van der Waals surface area contributed by atoms with Crippen molar-refractivity contribution in [1.29, 1.82) is 0 Å². The van der Waals surface area contributed by atoms with Crippen LogP contribution in [0.25, 0.3) is 0 Å². The predicted octanol–water partition coefficient (Wildman–Crippen LogP) is 22.6. The molecule has 0 aliphatic carbocycles. The Morgan fingerprint density at radius 3 is 0.842 bits per heavy atom. The fourth-order valence-corrected chi connectivity index (χ4v) is 9.43. The lowest BCUT2D eigenvalue weighted by atomic mass is 10.1. The third-order valence-electron chi connectivity index (χ3n) is 15.0. The maximum absolute atomic E-state index is 13.0. The predicted molar refractivity (Wildman–Crippen MR) is 407 cm³/mol. The van der Waals surface area contributed by atoms with Gasteiger partial charge in [0, 0.05) is 12.8 Å². The smallest absolute Gasteiger partial charge is 0.306 e. The van der Waals surface area contributed by atoms with Crippen LogP contribution >= 0.6 is 0 Å². The van der Waals surface area contributed by atoms with Crippen LogP contribution in [0, 0.1) is 0 Å². The van der Waals surface area contributed by atoms with Crippen LogP contribution in [0.2, 0.25) is 0 Å². The molecule has 0 N–H and O–H groups in total. The number of hydrogen-bond donors (Lipinski definition) is 0. The van der Waals surface area contributed by atoms with Crippen LogP contribution < -0.4 is 5.11 Å². The average molecular weight is 1310 g/mol. The maximum atomic E-state index is 13.0. The number of aliphatic carboxylic acids is 1. The fourth-order valence-electron chi connectivity index (χ4n) is 9.43. The molecular formula is C86H135NO8. The summed E-state index contributed by atoms with van der Waals surface area (Å²) in [6.45, 7) is 4.48. The van der Waals surface area contributed by atoms with E-state index in [9.17, 15) is 19.5 Å². The number of nitrogens with zero attached hydrogens (tertiary/aromatic N) is 1. The van der Waals surface area contributed by atoms with Crippen molar-refractivity contribution < 1.29 is 42.9 Å². The molecule has 0 aromatic carbocycles. The number of hydrogen-bond acceptors (Lipinski definition) is 8. The van der Waals surface area contributed by atoms with Crippen molar-refractivity contribution in [3.8, 4) is 0 Å². The lowest BCUT2D eigenvalue weighted by molar-refractivity contribution is -0.870. The van der Waals surface area contributed by atoms with E-state index in [2.05, 4.69) is 220 Å². The Morgan fingerprint density at radius 2 is 0.568 bits per heavy atom. The number of quaternary nitrogens is 1. The normalized spacial score (nSPS) is 13.9. The van der Waals surface area contributed by atoms with Crippen LogP contribution in [0.3, 0.4) is 0 Å². The highest BCUT2D eigenvalue weighted by atomic mass is 16.7. The second-order valence-corrected chi connectivity index (χ2v) is 25.1. The van der Waals surface area contributed by atoms with E-state index in [4.69, 9.17) is 18.9 Å². The molecule has 0 rings (SSSR count). The zero-order chi connectivity index (χ0) is 69.0. The minimum atomic E-state index is -1.64. The molecule has 532 valence electrons. The molecule has 9 nitrogen and oxygen atoms in total. The molecule has 0 saturated heterocycles. The van der Waals surface area contributed by atoms with Crippen molar-refractivity contribution in [1.82, 2.24) is 0 Å². The molecule has 0 aliphatic heterocycles. The summed E-state index contributed by atoms with van der Waals surface area (Å²) in [6.07, 6.45) is 112. The van der Waals surface area contributed by atoms with Crippen molar-refractivity contribution in [2.24, 2.45) is 0 Å². The lowest BCUT2D eigenvalue weighted by Crippen LogP contribution is -2.44. The van der Waals surface area contributed by atoms with Gasteiger partial charge in [0.15, 0.2) is 12.4 Å². The number of esters is 2. The van der Waals surface area contributed by atoms with Crippen molar-refractivity contribution in [3.05, 3.63) is 207 Å². The number of unbranched alkanes of at least 4 members (excludes halogenated alkanes) is 17. The molecule has 0 aliphatic rings. The summed E-state index contributed by atoms with van der Waals surface area (Å²) in [5, 5.41) is 11.8. The van der Waals surface area contributed by atoms with Gasteiger partial charge < -0.3 is 33.3 Å². The molecule has 0 fully saturated rings. The zero-order valence-electron chi connectivity index (χ0n) is 60.7. The van der Waals surface area contributed by atoms with E-state index in [1.54, 1.807) is 0 Å². The molecule has 2 atom stereocenters. The van der Waals surface area contributed by atoms with Crippen LogP contribution in [-0.4, -0.2) is 82.3 Å². The van der Waals surface area contributed by atoms with Gasteiger partial charge in [-0.3, -0.25) is 9.59 Å². The van der Waals surface area contributed by atoms with E-state index in [-0.39, 0.29) is 38.6 Å². The molecule has 0 heterocycles. The van der Waals surface area contributed by atoms with Crippen molar-refractivity contribution in [3.63, 3.8) is 0 Å². The highest BCUT2D eigenvalue weighted by molar-refractivity contribution is 5.70. The van der Waals surface area contributed by atoms with E-state index in [1.807, 2.05) is 21.1 Å². The molecule has 0 amide bonds. The number of carbonyl (C=O) groups excluding carboxylic acids is 3. The van der Waals surface area contributed by atoms with Gasteiger partial charge >= 0.3 is 11.9 Å². The fraction of sp³-hybridized carbons (Fsp3) is 0.570. The van der Waals surface area contributed by atoms with Crippen LogP contribution in [0.4, 0.5) is 0 Å². The summed E-state index contributed by atoms with van der Waals surface area (Å²) < 4.78 is 22.8. The molecule has 0 radical (unpaired) electrons. The second-order valence-electron chi connectivity index (χ2n) is 25.1. The van der Waals surface area contributed by atoms with E-state index in [0.29, 0.717) is 17.4 Å². The lowest BCUT2D eigenvalue weighted by Gasteiger charge is -2.26. The quantitative estimate of drug-likeness (QED) is 0.0195.